The second kappa shape index (κ2) is 8.28. The summed E-state index contributed by atoms with van der Waals surface area (Å²) < 4.78 is 2.03. The second-order valence-electron chi connectivity index (χ2n) is 5.93. The Hall–Kier alpha value is -2.89. The smallest absolute Gasteiger partial charge is 0.191 e. The average Bonchev–Trinajstić information content (AvgIpc) is 3.05. The lowest BCUT2D eigenvalue weighted by Crippen LogP contribution is -2.37. The molecule has 0 saturated heterocycles. The van der Waals surface area contributed by atoms with Crippen LogP contribution in [-0.2, 0) is 13.0 Å². The minimum atomic E-state index is 0.765. The van der Waals surface area contributed by atoms with E-state index >= 15 is 0 Å². The first-order valence-electron chi connectivity index (χ1n) is 8.55. The third kappa shape index (κ3) is 4.35. The Kier molecular flexibility index (Phi) is 5.61. The fraction of sp³-hybridized carbons (Fsp3) is 0.316. The van der Waals surface area contributed by atoms with E-state index in [1.165, 1.54) is 11.1 Å². The number of aryl methyl sites for hydroxylation is 2. The normalized spacial score (nSPS) is 11.7. The second-order valence-corrected chi connectivity index (χ2v) is 5.93. The Labute approximate surface area is 148 Å². The Morgan fingerprint density at radius 2 is 1.92 bits per heavy atom. The molecule has 2 N–H and O–H groups in total. The first kappa shape index (κ1) is 17.0. The van der Waals surface area contributed by atoms with Gasteiger partial charge in [0.2, 0.25) is 0 Å². The molecule has 0 unspecified atom stereocenters. The summed E-state index contributed by atoms with van der Waals surface area (Å²) in [5, 5.41) is 15.1. The monoisotopic (exact) mass is 336 g/mol. The van der Waals surface area contributed by atoms with E-state index in [9.17, 15) is 0 Å². The largest absolute Gasteiger partial charge is 0.356 e. The molecule has 0 aliphatic carbocycles. The molecule has 0 radical (unpaired) electrons. The van der Waals surface area contributed by atoms with Crippen LogP contribution in [0.3, 0.4) is 0 Å². The summed E-state index contributed by atoms with van der Waals surface area (Å²) in [6.45, 7) is 3.71. The molecule has 2 aromatic heterocycles. The van der Waals surface area contributed by atoms with Gasteiger partial charge >= 0.3 is 0 Å². The highest BCUT2D eigenvalue weighted by Gasteiger charge is 2.04. The van der Waals surface area contributed by atoms with Gasteiger partial charge in [0.15, 0.2) is 11.6 Å². The number of rotatable bonds is 6. The molecule has 0 spiro atoms. The Bertz CT molecular complexity index is 852. The predicted molar refractivity (Wildman–Crippen MR) is 101 cm³/mol. The van der Waals surface area contributed by atoms with Gasteiger partial charge in [0, 0.05) is 32.8 Å². The molecule has 130 valence electrons. The van der Waals surface area contributed by atoms with Crippen molar-refractivity contribution in [2.24, 2.45) is 4.99 Å². The van der Waals surface area contributed by atoms with Gasteiger partial charge in [-0.15, -0.1) is 10.2 Å². The number of pyridine rings is 1. The Morgan fingerprint density at radius 3 is 2.76 bits per heavy atom. The van der Waals surface area contributed by atoms with E-state index in [0.29, 0.717) is 0 Å². The third-order valence-corrected chi connectivity index (χ3v) is 4.19. The van der Waals surface area contributed by atoms with Gasteiger partial charge in [-0.1, -0.05) is 30.3 Å². The molecule has 3 rings (SSSR count). The van der Waals surface area contributed by atoms with Gasteiger partial charge in [0.1, 0.15) is 5.82 Å². The van der Waals surface area contributed by atoms with Crippen LogP contribution in [0.1, 0.15) is 23.4 Å². The molecule has 2 heterocycles. The van der Waals surface area contributed by atoms with E-state index in [-0.39, 0.29) is 0 Å². The van der Waals surface area contributed by atoms with E-state index in [1.54, 1.807) is 7.05 Å². The summed E-state index contributed by atoms with van der Waals surface area (Å²) in [6, 6.07) is 14.3. The van der Waals surface area contributed by atoms with Crippen molar-refractivity contribution in [1.29, 1.82) is 0 Å². The quantitative estimate of drug-likeness (QED) is 0.412. The van der Waals surface area contributed by atoms with Crippen LogP contribution in [0.2, 0.25) is 0 Å². The fourth-order valence-corrected chi connectivity index (χ4v) is 2.72. The van der Waals surface area contributed by atoms with Crippen molar-refractivity contribution in [3.8, 4) is 0 Å². The van der Waals surface area contributed by atoms with Crippen molar-refractivity contribution >= 4 is 11.6 Å². The van der Waals surface area contributed by atoms with Gasteiger partial charge in [0.05, 0.1) is 0 Å². The lowest BCUT2D eigenvalue weighted by molar-refractivity contribution is 0.713. The maximum absolute atomic E-state index is 4.28. The van der Waals surface area contributed by atoms with E-state index in [4.69, 9.17) is 0 Å². The van der Waals surface area contributed by atoms with Crippen LogP contribution in [0.25, 0.3) is 5.65 Å². The van der Waals surface area contributed by atoms with E-state index < -0.39 is 0 Å². The summed E-state index contributed by atoms with van der Waals surface area (Å²) in [7, 11) is 1.79. The van der Waals surface area contributed by atoms with Gasteiger partial charge in [-0.25, -0.2) is 0 Å². The molecular formula is C19H24N6. The van der Waals surface area contributed by atoms with E-state index in [2.05, 4.69) is 57.0 Å². The molecule has 1 aromatic carbocycles. The first-order chi connectivity index (χ1) is 12.3. The predicted octanol–water partition coefficient (Wildman–Crippen LogP) is 2.34. The molecular weight excluding hydrogens is 312 g/mol. The van der Waals surface area contributed by atoms with Crippen molar-refractivity contribution < 1.29 is 0 Å². The number of benzene rings is 1. The van der Waals surface area contributed by atoms with Crippen LogP contribution < -0.4 is 10.6 Å². The average molecular weight is 336 g/mol. The number of hydrogen-bond donors (Lipinski definition) is 2. The first-order valence-corrected chi connectivity index (χ1v) is 8.55. The number of guanidine groups is 1. The van der Waals surface area contributed by atoms with Gasteiger partial charge in [-0.05, 0) is 36.6 Å². The zero-order valence-corrected chi connectivity index (χ0v) is 14.7. The Balaban J connectivity index is 1.45. The number of nitrogens with one attached hydrogen (secondary N) is 2. The highest BCUT2D eigenvalue weighted by atomic mass is 15.2. The topological polar surface area (TPSA) is 66.6 Å². The standard InChI is InChI=1S/C19H24N6/c1-15-8-3-4-9-16(15)14-22-19(20-2)21-12-7-11-18-24-23-17-10-5-6-13-25(17)18/h3-6,8-10,13H,7,11-12,14H2,1-2H3,(H2,20,21,22). The number of nitrogens with zero attached hydrogens (tertiary/aromatic N) is 4. The molecule has 0 aliphatic heterocycles. The zero-order valence-electron chi connectivity index (χ0n) is 14.7. The van der Waals surface area contributed by atoms with Crippen molar-refractivity contribution in [3.05, 3.63) is 65.6 Å². The fourth-order valence-electron chi connectivity index (χ4n) is 2.72. The minimum absolute atomic E-state index is 0.765. The maximum Gasteiger partial charge on any atom is 0.191 e. The lowest BCUT2D eigenvalue weighted by atomic mass is 10.1. The van der Waals surface area contributed by atoms with Gasteiger partial charge in [-0.2, -0.15) is 0 Å². The van der Waals surface area contributed by atoms with Crippen LogP contribution in [0.15, 0.2) is 53.7 Å². The maximum atomic E-state index is 4.28. The molecule has 0 aliphatic rings. The van der Waals surface area contributed by atoms with Crippen LogP contribution in [-0.4, -0.2) is 34.2 Å². The number of aromatic nitrogens is 3. The summed E-state index contributed by atoms with van der Waals surface area (Å²) >= 11 is 0. The van der Waals surface area contributed by atoms with Crippen LogP contribution in [0.5, 0.6) is 0 Å². The number of aliphatic imine (C=N–C) groups is 1. The molecule has 0 saturated carbocycles. The summed E-state index contributed by atoms with van der Waals surface area (Å²) in [4.78, 5) is 4.28. The van der Waals surface area contributed by atoms with Crippen LogP contribution in [0, 0.1) is 6.92 Å². The summed E-state index contributed by atoms with van der Waals surface area (Å²) in [5.41, 5.74) is 3.45. The Morgan fingerprint density at radius 1 is 1.08 bits per heavy atom. The lowest BCUT2D eigenvalue weighted by Gasteiger charge is -2.13. The molecule has 0 fully saturated rings. The molecule has 0 atom stereocenters. The third-order valence-electron chi connectivity index (χ3n) is 4.19. The van der Waals surface area contributed by atoms with Crippen molar-refractivity contribution in [1.82, 2.24) is 25.2 Å². The number of fused-ring (bicyclic) bond motifs is 1. The number of hydrogen-bond acceptors (Lipinski definition) is 3. The summed E-state index contributed by atoms with van der Waals surface area (Å²) in [5.74, 6) is 1.80. The zero-order chi connectivity index (χ0) is 17.5. The van der Waals surface area contributed by atoms with E-state index in [0.717, 1.165) is 43.4 Å². The van der Waals surface area contributed by atoms with Crippen molar-refractivity contribution in [3.63, 3.8) is 0 Å². The summed E-state index contributed by atoms with van der Waals surface area (Å²) in [6.07, 6.45) is 3.83. The molecule has 3 aromatic rings. The van der Waals surface area contributed by atoms with Gasteiger partial charge in [0.25, 0.3) is 0 Å². The minimum Gasteiger partial charge on any atom is -0.356 e. The van der Waals surface area contributed by atoms with Crippen LogP contribution in [0.4, 0.5) is 0 Å². The molecule has 25 heavy (non-hydrogen) atoms. The van der Waals surface area contributed by atoms with Gasteiger partial charge < -0.3 is 10.6 Å². The van der Waals surface area contributed by atoms with Crippen molar-refractivity contribution in [2.75, 3.05) is 13.6 Å². The highest BCUT2D eigenvalue weighted by molar-refractivity contribution is 5.79. The van der Waals surface area contributed by atoms with Crippen LogP contribution >= 0.6 is 0 Å². The molecule has 0 bridgehead atoms. The van der Waals surface area contributed by atoms with Crippen molar-refractivity contribution in [2.45, 2.75) is 26.3 Å². The highest BCUT2D eigenvalue weighted by Crippen LogP contribution is 2.06. The van der Waals surface area contributed by atoms with E-state index in [1.807, 2.05) is 28.8 Å². The SMILES string of the molecule is CN=C(NCCCc1nnc2ccccn12)NCc1ccccc1C. The molecule has 6 heteroatoms. The molecule has 0 amide bonds. The van der Waals surface area contributed by atoms with Gasteiger partial charge in [-0.3, -0.25) is 9.39 Å². The molecule has 6 nitrogen and oxygen atoms in total.